The molecule has 0 fully saturated rings. The van der Waals surface area contributed by atoms with Crippen molar-refractivity contribution >= 4 is 0 Å². The molecule has 0 aliphatic heterocycles. The third-order valence-corrected chi connectivity index (χ3v) is 3.18. The van der Waals surface area contributed by atoms with E-state index >= 15 is 0 Å². The molecule has 1 aromatic rings. The monoisotopic (exact) mass is 262 g/mol. The van der Waals surface area contributed by atoms with Crippen LogP contribution in [0.25, 0.3) is 0 Å². The van der Waals surface area contributed by atoms with Gasteiger partial charge in [-0.25, -0.2) is 4.39 Å². The molecule has 0 aliphatic rings. The van der Waals surface area contributed by atoms with Gasteiger partial charge in [0, 0.05) is 17.9 Å². The smallest absolute Gasteiger partial charge is 0.123 e. The van der Waals surface area contributed by atoms with Gasteiger partial charge in [0.1, 0.15) is 11.6 Å². The van der Waals surface area contributed by atoms with Crippen LogP contribution >= 0.6 is 0 Å². The summed E-state index contributed by atoms with van der Waals surface area (Å²) in [4.78, 5) is 0. The van der Waals surface area contributed by atoms with Crippen LogP contribution in [-0.2, 0) is 0 Å². The predicted molar refractivity (Wildman–Crippen MR) is 77.8 cm³/mol. The number of benzene rings is 1. The zero-order chi connectivity index (χ0) is 14.3. The molecule has 0 aliphatic carbocycles. The number of ether oxygens (including phenoxy) is 1. The average molecular weight is 262 g/mol. The molecule has 0 heterocycles. The van der Waals surface area contributed by atoms with Gasteiger partial charge >= 0.3 is 0 Å². The van der Waals surface area contributed by atoms with Gasteiger partial charge in [0.2, 0.25) is 0 Å². The largest absolute Gasteiger partial charge is 0.493 e. The quantitative estimate of drug-likeness (QED) is 0.695. The Labute approximate surface area is 116 Å². The standard InChI is InChI=1S/C17H23FO/c1-5-7-8-13(3)14(4)16-12-15(18)9-10-17(16)19-11-6-2/h9-10,12-14H,5-6,11H2,1-4H3. The van der Waals surface area contributed by atoms with Crippen molar-refractivity contribution in [3.63, 3.8) is 0 Å². The number of hydrogen-bond acceptors (Lipinski definition) is 1. The minimum absolute atomic E-state index is 0.154. The first-order valence-corrected chi connectivity index (χ1v) is 7.00. The molecule has 1 aromatic carbocycles. The van der Waals surface area contributed by atoms with Gasteiger partial charge in [0.25, 0.3) is 0 Å². The van der Waals surface area contributed by atoms with Gasteiger partial charge in [-0.2, -0.15) is 0 Å². The van der Waals surface area contributed by atoms with Crippen LogP contribution in [0.4, 0.5) is 4.39 Å². The Kier molecular flexibility index (Phi) is 6.42. The first kappa shape index (κ1) is 15.6. The summed E-state index contributed by atoms with van der Waals surface area (Å²) in [5, 5.41) is 0. The minimum atomic E-state index is -0.221. The predicted octanol–water partition coefficient (Wildman–Crippen LogP) is 4.77. The van der Waals surface area contributed by atoms with Crippen molar-refractivity contribution in [3.8, 4) is 17.6 Å². The first-order chi connectivity index (χ1) is 9.10. The Hall–Kier alpha value is -1.49. The molecule has 2 unspecified atom stereocenters. The lowest BCUT2D eigenvalue weighted by Gasteiger charge is -2.19. The highest BCUT2D eigenvalue weighted by molar-refractivity contribution is 5.38. The highest BCUT2D eigenvalue weighted by Gasteiger charge is 2.17. The number of hydrogen-bond donors (Lipinski definition) is 0. The van der Waals surface area contributed by atoms with Crippen LogP contribution in [0.1, 0.15) is 52.0 Å². The van der Waals surface area contributed by atoms with Crippen molar-refractivity contribution in [1.29, 1.82) is 0 Å². The fraction of sp³-hybridized carbons (Fsp3) is 0.529. The summed E-state index contributed by atoms with van der Waals surface area (Å²) in [6.07, 6.45) is 1.79. The molecule has 0 saturated heterocycles. The van der Waals surface area contributed by atoms with E-state index in [0.29, 0.717) is 6.61 Å². The van der Waals surface area contributed by atoms with Gasteiger partial charge in [-0.05, 0) is 30.5 Å². The van der Waals surface area contributed by atoms with Crippen molar-refractivity contribution in [2.75, 3.05) is 6.61 Å². The fourth-order valence-electron chi connectivity index (χ4n) is 1.88. The molecule has 1 nitrogen and oxygen atoms in total. The Morgan fingerprint density at radius 2 is 2.00 bits per heavy atom. The molecular formula is C17H23FO. The van der Waals surface area contributed by atoms with E-state index in [1.165, 1.54) is 6.07 Å². The third kappa shape index (κ3) is 4.59. The molecule has 1 rings (SSSR count). The highest BCUT2D eigenvalue weighted by atomic mass is 19.1. The molecule has 0 aromatic heterocycles. The topological polar surface area (TPSA) is 9.23 Å². The average Bonchev–Trinajstić information content (AvgIpc) is 2.42. The molecule has 0 saturated carbocycles. The van der Waals surface area contributed by atoms with Gasteiger partial charge in [-0.3, -0.25) is 0 Å². The lowest BCUT2D eigenvalue weighted by Crippen LogP contribution is -2.08. The number of halogens is 1. The van der Waals surface area contributed by atoms with Crippen LogP contribution in [0.2, 0.25) is 0 Å². The Bertz CT molecular complexity index is 456. The summed E-state index contributed by atoms with van der Waals surface area (Å²) < 4.78 is 19.2. The molecule has 0 N–H and O–H groups in total. The van der Waals surface area contributed by atoms with Gasteiger partial charge in [0.15, 0.2) is 0 Å². The summed E-state index contributed by atoms with van der Waals surface area (Å²) >= 11 is 0. The van der Waals surface area contributed by atoms with Gasteiger partial charge < -0.3 is 4.74 Å². The van der Waals surface area contributed by atoms with E-state index < -0.39 is 0 Å². The number of rotatable bonds is 5. The lowest BCUT2D eigenvalue weighted by atomic mass is 9.88. The molecule has 2 heteroatoms. The SMILES string of the molecule is CCC#CC(C)C(C)c1cc(F)ccc1OCCC. The molecule has 0 spiro atoms. The van der Waals surface area contributed by atoms with Crippen LogP contribution in [-0.4, -0.2) is 6.61 Å². The maximum Gasteiger partial charge on any atom is 0.123 e. The Morgan fingerprint density at radius 1 is 1.26 bits per heavy atom. The molecule has 0 radical (unpaired) electrons. The second-order valence-corrected chi connectivity index (χ2v) is 4.78. The fourth-order valence-corrected chi connectivity index (χ4v) is 1.88. The van der Waals surface area contributed by atoms with Crippen LogP contribution in [0.5, 0.6) is 5.75 Å². The zero-order valence-electron chi connectivity index (χ0n) is 12.3. The maximum atomic E-state index is 13.5. The molecule has 0 bridgehead atoms. The Balaban J connectivity index is 2.98. The zero-order valence-corrected chi connectivity index (χ0v) is 12.3. The lowest BCUT2D eigenvalue weighted by molar-refractivity contribution is 0.310. The molecule has 104 valence electrons. The van der Waals surface area contributed by atoms with E-state index in [2.05, 4.69) is 32.6 Å². The van der Waals surface area contributed by atoms with E-state index in [1.54, 1.807) is 12.1 Å². The van der Waals surface area contributed by atoms with E-state index in [4.69, 9.17) is 4.74 Å². The van der Waals surface area contributed by atoms with Crippen LogP contribution in [0.15, 0.2) is 18.2 Å². The van der Waals surface area contributed by atoms with Crippen LogP contribution in [0, 0.1) is 23.6 Å². The maximum absolute atomic E-state index is 13.5. The highest BCUT2D eigenvalue weighted by Crippen LogP contribution is 2.32. The van der Waals surface area contributed by atoms with Crippen molar-refractivity contribution < 1.29 is 9.13 Å². The van der Waals surface area contributed by atoms with Gasteiger partial charge in [0.05, 0.1) is 6.61 Å². The van der Waals surface area contributed by atoms with Crippen LogP contribution in [0.3, 0.4) is 0 Å². The van der Waals surface area contributed by atoms with Crippen molar-refractivity contribution in [2.45, 2.75) is 46.5 Å². The summed E-state index contributed by atoms with van der Waals surface area (Å²) in [6, 6.07) is 4.74. The van der Waals surface area contributed by atoms with Crippen molar-refractivity contribution in [2.24, 2.45) is 5.92 Å². The van der Waals surface area contributed by atoms with Crippen LogP contribution < -0.4 is 4.74 Å². The second-order valence-electron chi connectivity index (χ2n) is 4.78. The van der Waals surface area contributed by atoms with E-state index in [9.17, 15) is 4.39 Å². The molecule has 19 heavy (non-hydrogen) atoms. The molecule has 0 amide bonds. The molecular weight excluding hydrogens is 239 g/mol. The summed E-state index contributed by atoms with van der Waals surface area (Å²) in [7, 11) is 0. The minimum Gasteiger partial charge on any atom is -0.493 e. The second kappa shape index (κ2) is 7.84. The molecule has 2 atom stereocenters. The normalized spacial score (nSPS) is 13.3. The summed E-state index contributed by atoms with van der Waals surface area (Å²) in [5.74, 6) is 7.19. The Morgan fingerprint density at radius 3 is 2.63 bits per heavy atom. The first-order valence-electron chi connectivity index (χ1n) is 7.00. The van der Waals surface area contributed by atoms with Crippen molar-refractivity contribution in [1.82, 2.24) is 0 Å². The van der Waals surface area contributed by atoms with E-state index in [-0.39, 0.29) is 17.7 Å². The van der Waals surface area contributed by atoms with E-state index in [0.717, 1.165) is 24.2 Å². The van der Waals surface area contributed by atoms with Gasteiger partial charge in [-0.1, -0.05) is 33.6 Å². The summed E-state index contributed by atoms with van der Waals surface area (Å²) in [5.41, 5.74) is 0.909. The third-order valence-electron chi connectivity index (χ3n) is 3.18. The van der Waals surface area contributed by atoms with Gasteiger partial charge in [-0.15, -0.1) is 5.92 Å². The van der Waals surface area contributed by atoms with Crippen molar-refractivity contribution in [3.05, 3.63) is 29.6 Å². The summed E-state index contributed by atoms with van der Waals surface area (Å²) in [6.45, 7) is 8.88. The van der Waals surface area contributed by atoms with E-state index in [1.807, 2.05) is 6.92 Å².